The minimum atomic E-state index is -3.71. The van der Waals surface area contributed by atoms with E-state index in [2.05, 4.69) is 15.5 Å². The van der Waals surface area contributed by atoms with Crippen LogP contribution in [0.3, 0.4) is 0 Å². The maximum atomic E-state index is 12.8. The number of aryl methyl sites for hydroxylation is 2. The molecule has 1 aliphatic heterocycles. The van der Waals surface area contributed by atoms with Crippen molar-refractivity contribution in [2.24, 2.45) is 5.92 Å². The van der Waals surface area contributed by atoms with Gasteiger partial charge in [0.25, 0.3) is 0 Å². The number of aromatic amines is 1. The number of carbonyl (C=O) groups is 2. The lowest BCUT2D eigenvalue weighted by Gasteiger charge is -2.31. The summed E-state index contributed by atoms with van der Waals surface area (Å²) in [6.45, 7) is 3.75. The van der Waals surface area contributed by atoms with Crippen LogP contribution in [0.4, 0.5) is 0 Å². The molecule has 1 atom stereocenters. The summed E-state index contributed by atoms with van der Waals surface area (Å²) in [7, 11) is -3.71. The molecule has 0 aliphatic carbocycles. The van der Waals surface area contributed by atoms with E-state index in [0.717, 1.165) is 0 Å². The van der Waals surface area contributed by atoms with Gasteiger partial charge in [-0.1, -0.05) is 0 Å². The van der Waals surface area contributed by atoms with Crippen LogP contribution in [0, 0.1) is 19.8 Å². The predicted molar refractivity (Wildman–Crippen MR) is 84.8 cm³/mol. The van der Waals surface area contributed by atoms with Crippen molar-refractivity contribution in [3.63, 3.8) is 0 Å². The Kier molecular flexibility index (Phi) is 5.60. The first-order valence-electron chi connectivity index (χ1n) is 7.74. The molecule has 9 nitrogen and oxygen atoms in total. The van der Waals surface area contributed by atoms with Crippen molar-refractivity contribution in [3.05, 3.63) is 11.4 Å². The number of amides is 1. The molecule has 134 valence electrons. The molecule has 0 bridgehead atoms. The summed E-state index contributed by atoms with van der Waals surface area (Å²) >= 11 is 0. The summed E-state index contributed by atoms with van der Waals surface area (Å²) in [6, 6.07) is 0. The van der Waals surface area contributed by atoms with Gasteiger partial charge in [0.15, 0.2) is 0 Å². The van der Waals surface area contributed by atoms with Gasteiger partial charge < -0.3 is 10.4 Å². The number of H-pyrrole nitrogens is 1. The van der Waals surface area contributed by atoms with E-state index >= 15 is 0 Å². The van der Waals surface area contributed by atoms with Crippen molar-refractivity contribution in [3.8, 4) is 0 Å². The fraction of sp³-hybridized carbons (Fsp3) is 0.643. The molecule has 1 amide bonds. The number of carboxylic acid groups (broad SMARTS) is 1. The normalized spacial score (nSPS) is 19.2. The minimum Gasteiger partial charge on any atom is -0.481 e. The second-order valence-electron chi connectivity index (χ2n) is 5.90. The van der Waals surface area contributed by atoms with E-state index in [0.29, 0.717) is 30.8 Å². The van der Waals surface area contributed by atoms with Gasteiger partial charge in [0.05, 0.1) is 23.7 Å². The van der Waals surface area contributed by atoms with Gasteiger partial charge in [-0.15, -0.1) is 0 Å². The maximum absolute atomic E-state index is 12.8. The topological polar surface area (TPSA) is 132 Å². The molecule has 1 aromatic rings. The SMILES string of the molecule is Cc1n[nH]c(C)c1S(=O)(=O)N1CCCC(C(=O)NCCC(=O)O)C1. The number of aliphatic carboxylic acids is 1. The number of hydrogen-bond acceptors (Lipinski definition) is 5. The summed E-state index contributed by atoms with van der Waals surface area (Å²) in [4.78, 5) is 22.8. The van der Waals surface area contributed by atoms with Crippen molar-refractivity contribution in [2.45, 2.75) is 38.0 Å². The van der Waals surface area contributed by atoms with Crippen molar-refractivity contribution >= 4 is 21.9 Å². The van der Waals surface area contributed by atoms with Gasteiger partial charge in [-0.3, -0.25) is 14.7 Å². The van der Waals surface area contributed by atoms with Gasteiger partial charge in [-0.2, -0.15) is 9.40 Å². The van der Waals surface area contributed by atoms with Crippen LogP contribution in [0.2, 0.25) is 0 Å². The van der Waals surface area contributed by atoms with Crippen LogP contribution < -0.4 is 5.32 Å². The van der Waals surface area contributed by atoms with Crippen LogP contribution in [0.5, 0.6) is 0 Å². The molecule has 24 heavy (non-hydrogen) atoms. The molecule has 2 rings (SSSR count). The summed E-state index contributed by atoms with van der Waals surface area (Å²) in [5.41, 5.74) is 0.876. The molecule has 0 radical (unpaired) electrons. The Bertz CT molecular complexity index is 708. The summed E-state index contributed by atoms with van der Waals surface area (Å²) in [5.74, 6) is -1.78. The molecule has 1 fully saturated rings. The average molecular weight is 358 g/mol. The third-order valence-corrected chi connectivity index (χ3v) is 6.18. The second-order valence-corrected chi connectivity index (χ2v) is 7.77. The zero-order chi connectivity index (χ0) is 17.9. The van der Waals surface area contributed by atoms with Gasteiger partial charge >= 0.3 is 5.97 Å². The van der Waals surface area contributed by atoms with Gasteiger partial charge in [-0.25, -0.2) is 8.42 Å². The highest BCUT2D eigenvalue weighted by Crippen LogP contribution is 2.26. The highest BCUT2D eigenvalue weighted by atomic mass is 32.2. The monoisotopic (exact) mass is 358 g/mol. The third-order valence-electron chi connectivity index (χ3n) is 4.05. The quantitative estimate of drug-likeness (QED) is 0.656. The molecular formula is C14H22N4O5S. The minimum absolute atomic E-state index is 0.0391. The molecule has 1 unspecified atom stereocenters. The summed E-state index contributed by atoms with van der Waals surface area (Å²) < 4.78 is 26.9. The maximum Gasteiger partial charge on any atom is 0.305 e. The highest BCUT2D eigenvalue weighted by molar-refractivity contribution is 7.89. The molecule has 0 aromatic carbocycles. The first-order chi connectivity index (χ1) is 11.2. The third kappa shape index (κ3) is 3.93. The zero-order valence-electron chi connectivity index (χ0n) is 13.7. The van der Waals surface area contributed by atoms with Crippen LogP contribution >= 0.6 is 0 Å². The average Bonchev–Trinajstić information content (AvgIpc) is 2.86. The van der Waals surface area contributed by atoms with Crippen molar-refractivity contribution < 1.29 is 23.1 Å². The molecule has 0 spiro atoms. The van der Waals surface area contributed by atoms with E-state index < -0.39 is 21.9 Å². The number of carboxylic acids is 1. The van der Waals surface area contributed by atoms with Crippen LogP contribution in [0.25, 0.3) is 0 Å². The molecule has 1 aliphatic rings. The Morgan fingerprint density at radius 2 is 2.12 bits per heavy atom. The van der Waals surface area contributed by atoms with E-state index in [9.17, 15) is 18.0 Å². The van der Waals surface area contributed by atoms with E-state index in [1.54, 1.807) is 13.8 Å². The summed E-state index contributed by atoms with van der Waals surface area (Å²) in [6.07, 6.45) is 0.994. The number of rotatable bonds is 6. The molecule has 1 aromatic heterocycles. The largest absolute Gasteiger partial charge is 0.481 e. The Labute approximate surface area is 140 Å². The van der Waals surface area contributed by atoms with E-state index in [-0.39, 0.29) is 30.3 Å². The zero-order valence-corrected chi connectivity index (χ0v) is 14.5. The van der Waals surface area contributed by atoms with Gasteiger partial charge in [-0.05, 0) is 26.7 Å². The fourth-order valence-corrected chi connectivity index (χ4v) is 4.72. The van der Waals surface area contributed by atoms with Gasteiger partial charge in [0, 0.05) is 19.6 Å². The molecular weight excluding hydrogens is 336 g/mol. The van der Waals surface area contributed by atoms with Crippen LogP contribution in [-0.2, 0) is 19.6 Å². The van der Waals surface area contributed by atoms with E-state index in [1.807, 2.05) is 0 Å². The Morgan fingerprint density at radius 3 is 2.71 bits per heavy atom. The van der Waals surface area contributed by atoms with E-state index in [4.69, 9.17) is 5.11 Å². The second kappa shape index (κ2) is 7.31. The lowest BCUT2D eigenvalue weighted by Crippen LogP contribution is -2.45. The highest BCUT2D eigenvalue weighted by Gasteiger charge is 2.35. The Balaban J connectivity index is 2.07. The first kappa shape index (κ1) is 18.4. The number of aromatic nitrogens is 2. The fourth-order valence-electron chi connectivity index (χ4n) is 2.86. The van der Waals surface area contributed by atoms with E-state index in [1.165, 1.54) is 4.31 Å². The van der Waals surface area contributed by atoms with Gasteiger partial charge in [0.1, 0.15) is 4.90 Å². The number of nitrogens with one attached hydrogen (secondary N) is 2. The lowest BCUT2D eigenvalue weighted by molar-refractivity contribution is -0.137. The molecule has 1 saturated heterocycles. The Morgan fingerprint density at radius 1 is 1.42 bits per heavy atom. The molecule has 0 saturated carbocycles. The smallest absolute Gasteiger partial charge is 0.305 e. The lowest BCUT2D eigenvalue weighted by atomic mass is 9.99. The van der Waals surface area contributed by atoms with Crippen molar-refractivity contribution in [2.75, 3.05) is 19.6 Å². The van der Waals surface area contributed by atoms with Crippen molar-refractivity contribution in [1.29, 1.82) is 0 Å². The number of sulfonamides is 1. The number of nitrogens with zero attached hydrogens (tertiary/aromatic N) is 2. The van der Waals surface area contributed by atoms with Crippen LogP contribution in [-0.4, -0.2) is 59.5 Å². The van der Waals surface area contributed by atoms with Gasteiger partial charge in [0.2, 0.25) is 15.9 Å². The van der Waals surface area contributed by atoms with Crippen LogP contribution in [0.1, 0.15) is 30.7 Å². The standard InChI is InChI=1S/C14H22N4O5S/c1-9-13(10(2)17-16-9)24(22,23)18-7-3-4-11(8-18)14(21)15-6-5-12(19)20/h11H,3-8H2,1-2H3,(H,15,21)(H,16,17)(H,19,20). The van der Waals surface area contributed by atoms with Crippen molar-refractivity contribution in [1.82, 2.24) is 19.8 Å². The number of piperidine rings is 1. The molecule has 10 heteroatoms. The number of carbonyl (C=O) groups excluding carboxylic acids is 1. The van der Waals surface area contributed by atoms with Crippen LogP contribution in [0.15, 0.2) is 4.90 Å². The Hall–Kier alpha value is -1.94. The summed E-state index contributed by atoms with van der Waals surface area (Å²) in [5, 5.41) is 17.7. The first-order valence-corrected chi connectivity index (χ1v) is 9.18. The number of hydrogen-bond donors (Lipinski definition) is 3. The predicted octanol–water partition coefficient (Wildman–Crippen LogP) is 0.0181. The molecule has 3 N–H and O–H groups in total. The molecule has 2 heterocycles.